The summed E-state index contributed by atoms with van der Waals surface area (Å²) in [6.45, 7) is 1.16. The quantitative estimate of drug-likeness (QED) is 0.873. The van der Waals surface area contributed by atoms with Crippen LogP contribution in [0.3, 0.4) is 0 Å². The van der Waals surface area contributed by atoms with Gasteiger partial charge in [0.05, 0.1) is 27.9 Å². The van der Waals surface area contributed by atoms with Gasteiger partial charge in [0.15, 0.2) is 16.9 Å². The van der Waals surface area contributed by atoms with Crippen LogP contribution >= 0.6 is 11.8 Å². The van der Waals surface area contributed by atoms with Crippen molar-refractivity contribution in [3.8, 4) is 17.2 Å². The molecule has 0 aromatic heterocycles. The molecule has 2 N–H and O–H groups in total. The normalized spacial score (nSPS) is 19.1. The largest absolute Gasteiger partial charge is 0.493 e. The van der Waals surface area contributed by atoms with Gasteiger partial charge in [-0.05, 0) is 12.1 Å². The summed E-state index contributed by atoms with van der Waals surface area (Å²) < 4.78 is 16.0. The minimum atomic E-state index is 0.434. The van der Waals surface area contributed by atoms with Crippen molar-refractivity contribution in [1.82, 2.24) is 0 Å². The molecule has 17 heavy (non-hydrogen) atoms. The van der Waals surface area contributed by atoms with E-state index >= 15 is 0 Å². The monoisotopic (exact) mass is 256 g/mol. The molecule has 0 saturated carbocycles. The third-order valence-electron chi connectivity index (χ3n) is 2.81. The van der Waals surface area contributed by atoms with E-state index in [1.165, 1.54) is 11.3 Å². The second-order valence-electron chi connectivity index (χ2n) is 3.77. The molecule has 1 aliphatic heterocycles. The number of benzene rings is 1. The first-order valence-corrected chi connectivity index (χ1v) is 6.60. The first-order valence-electron chi connectivity index (χ1n) is 5.55. The van der Waals surface area contributed by atoms with Crippen LogP contribution in [0.2, 0.25) is 0 Å². The van der Waals surface area contributed by atoms with Crippen molar-refractivity contribution in [1.29, 1.82) is 0 Å². The molecule has 0 unspecified atom stereocenters. The van der Waals surface area contributed by atoms with Crippen molar-refractivity contribution in [2.24, 2.45) is 0 Å². The summed E-state index contributed by atoms with van der Waals surface area (Å²) in [4.78, 5) is 0. The Morgan fingerprint density at radius 2 is 1.76 bits per heavy atom. The molecule has 5 heteroatoms. The van der Waals surface area contributed by atoms with Crippen LogP contribution in [-0.4, -0.2) is 33.6 Å². The van der Waals surface area contributed by atoms with Gasteiger partial charge in [0, 0.05) is 11.3 Å². The molecule has 94 valence electrons. The lowest BCUT2D eigenvalue weighted by Crippen LogP contribution is -2.81. The predicted octanol–water partition coefficient (Wildman–Crippen LogP) is 1.02. The smallest absolute Gasteiger partial charge is 0.203 e. The highest BCUT2D eigenvalue weighted by atomic mass is 32.2. The summed E-state index contributed by atoms with van der Waals surface area (Å²) in [5.74, 6) is 3.29. The van der Waals surface area contributed by atoms with Crippen LogP contribution in [0.1, 0.15) is 10.9 Å². The van der Waals surface area contributed by atoms with Crippen molar-refractivity contribution in [3.63, 3.8) is 0 Å². The van der Waals surface area contributed by atoms with E-state index in [4.69, 9.17) is 14.2 Å². The van der Waals surface area contributed by atoms with Crippen LogP contribution in [0.25, 0.3) is 0 Å². The number of ether oxygens (including phenoxy) is 3. The number of methoxy groups -OCH3 is 3. The minimum absolute atomic E-state index is 0.434. The zero-order valence-corrected chi connectivity index (χ0v) is 11.2. The number of quaternary nitrogens is 1. The molecule has 1 aromatic rings. The number of nitrogens with two attached hydrogens (primary N) is 1. The second-order valence-corrected chi connectivity index (χ2v) is 5.02. The Bertz CT molecular complexity index is 366. The maximum absolute atomic E-state index is 5.35. The van der Waals surface area contributed by atoms with Crippen LogP contribution in [0, 0.1) is 0 Å². The molecule has 1 saturated heterocycles. The molecule has 0 spiro atoms. The van der Waals surface area contributed by atoms with Crippen LogP contribution in [0.5, 0.6) is 17.2 Å². The summed E-state index contributed by atoms with van der Waals surface area (Å²) >= 11 is 1.94. The average Bonchev–Trinajstić information content (AvgIpc) is 2.90. The average molecular weight is 256 g/mol. The molecular weight excluding hydrogens is 238 g/mol. The summed E-state index contributed by atoms with van der Waals surface area (Å²) in [7, 11) is 4.91. The first kappa shape index (κ1) is 12.4. The Morgan fingerprint density at radius 3 is 2.18 bits per heavy atom. The SMILES string of the molecule is COc1cc([C@H]2[NH2+]CCS2)cc(OC)c1OC. The molecule has 0 amide bonds. The highest BCUT2D eigenvalue weighted by Gasteiger charge is 2.24. The van der Waals surface area contributed by atoms with Crippen molar-refractivity contribution < 1.29 is 19.5 Å². The third kappa shape index (κ3) is 2.45. The zero-order chi connectivity index (χ0) is 12.3. The summed E-state index contributed by atoms with van der Waals surface area (Å²) in [6, 6.07) is 4.06. The van der Waals surface area contributed by atoms with Gasteiger partial charge in [-0.2, -0.15) is 0 Å². The Hall–Kier alpha value is -1.07. The van der Waals surface area contributed by atoms with Gasteiger partial charge in [-0.3, -0.25) is 0 Å². The fraction of sp³-hybridized carbons (Fsp3) is 0.500. The molecule has 1 heterocycles. The number of thioether (sulfide) groups is 1. The van der Waals surface area contributed by atoms with E-state index in [1.807, 2.05) is 23.9 Å². The van der Waals surface area contributed by atoms with Gasteiger partial charge in [-0.1, -0.05) is 11.8 Å². The fourth-order valence-electron chi connectivity index (χ4n) is 1.98. The lowest BCUT2D eigenvalue weighted by molar-refractivity contribution is -0.663. The topological polar surface area (TPSA) is 44.3 Å². The van der Waals surface area contributed by atoms with Crippen LogP contribution < -0.4 is 19.5 Å². The molecule has 1 aliphatic rings. The number of hydrogen-bond donors (Lipinski definition) is 1. The van der Waals surface area contributed by atoms with Gasteiger partial charge >= 0.3 is 0 Å². The van der Waals surface area contributed by atoms with Gasteiger partial charge < -0.3 is 19.5 Å². The van der Waals surface area contributed by atoms with Crippen LogP contribution in [-0.2, 0) is 0 Å². The third-order valence-corrected chi connectivity index (χ3v) is 4.11. The Labute approximate surface area is 106 Å². The molecule has 0 bridgehead atoms. The highest BCUT2D eigenvalue weighted by molar-refractivity contribution is 7.99. The fourth-order valence-corrected chi connectivity index (χ4v) is 3.11. The molecule has 0 aliphatic carbocycles. The van der Waals surface area contributed by atoms with Crippen molar-refractivity contribution >= 4 is 11.8 Å². The van der Waals surface area contributed by atoms with Gasteiger partial charge in [0.2, 0.25) is 5.75 Å². The predicted molar refractivity (Wildman–Crippen MR) is 68.1 cm³/mol. The lowest BCUT2D eigenvalue weighted by atomic mass is 10.1. The standard InChI is InChI=1S/C12H17NO3S/c1-14-9-6-8(12-13-4-5-17-12)7-10(15-2)11(9)16-3/h6-7,12-13H,4-5H2,1-3H3/p+1/t12-/m0/s1. The Kier molecular flexibility index (Phi) is 4.02. The summed E-state index contributed by atoms with van der Waals surface area (Å²) in [5, 5.41) is 2.76. The highest BCUT2D eigenvalue weighted by Crippen LogP contribution is 2.41. The summed E-state index contributed by atoms with van der Waals surface area (Å²) in [5.41, 5.74) is 1.21. The molecule has 1 aromatic carbocycles. The van der Waals surface area contributed by atoms with Crippen molar-refractivity contribution in [3.05, 3.63) is 17.7 Å². The van der Waals surface area contributed by atoms with E-state index in [-0.39, 0.29) is 0 Å². The molecule has 1 atom stereocenters. The number of rotatable bonds is 4. The van der Waals surface area contributed by atoms with E-state index in [0.29, 0.717) is 11.1 Å². The van der Waals surface area contributed by atoms with Gasteiger partial charge in [-0.15, -0.1) is 0 Å². The van der Waals surface area contributed by atoms with E-state index in [1.54, 1.807) is 21.3 Å². The lowest BCUT2D eigenvalue weighted by Gasteiger charge is -2.15. The maximum Gasteiger partial charge on any atom is 0.203 e. The Morgan fingerprint density at radius 1 is 1.12 bits per heavy atom. The molecule has 0 radical (unpaired) electrons. The molecule has 2 rings (SSSR count). The molecule has 1 fully saturated rings. The van der Waals surface area contributed by atoms with E-state index in [0.717, 1.165) is 18.0 Å². The Balaban J connectivity index is 2.40. The zero-order valence-electron chi connectivity index (χ0n) is 10.4. The minimum Gasteiger partial charge on any atom is -0.493 e. The van der Waals surface area contributed by atoms with Crippen molar-refractivity contribution in [2.45, 2.75) is 5.37 Å². The number of hydrogen-bond acceptors (Lipinski definition) is 4. The first-order chi connectivity index (χ1) is 8.30. The van der Waals surface area contributed by atoms with Crippen molar-refractivity contribution in [2.75, 3.05) is 33.6 Å². The van der Waals surface area contributed by atoms with Gasteiger partial charge in [-0.25, -0.2) is 0 Å². The van der Waals surface area contributed by atoms with E-state index in [9.17, 15) is 0 Å². The molecular formula is C12H18NO3S+. The van der Waals surface area contributed by atoms with Gasteiger partial charge in [0.25, 0.3) is 0 Å². The second kappa shape index (κ2) is 5.51. The van der Waals surface area contributed by atoms with E-state index < -0.39 is 0 Å². The summed E-state index contributed by atoms with van der Waals surface area (Å²) in [6.07, 6.45) is 0. The maximum atomic E-state index is 5.35. The van der Waals surface area contributed by atoms with Gasteiger partial charge in [0.1, 0.15) is 0 Å². The van der Waals surface area contributed by atoms with E-state index in [2.05, 4.69) is 5.32 Å². The van der Waals surface area contributed by atoms with Crippen LogP contribution in [0.15, 0.2) is 12.1 Å². The van der Waals surface area contributed by atoms with Crippen LogP contribution in [0.4, 0.5) is 0 Å². The molecule has 4 nitrogen and oxygen atoms in total.